The van der Waals surface area contributed by atoms with Crippen LogP contribution in [-0.2, 0) is 23.4 Å². The number of hydrogen-bond acceptors (Lipinski definition) is 6. The Morgan fingerprint density at radius 3 is 2.56 bits per heavy atom. The van der Waals surface area contributed by atoms with Gasteiger partial charge in [-0.25, -0.2) is 4.57 Å². The van der Waals surface area contributed by atoms with Crippen LogP contribution in [-0.4, -0.2) is 44.7 Å². The number of carbonyl (C=O) groups is 1. The van der Waals surface area contributed by atoms with Crippen molar-refractivity contribution in [3.8, 4) is 5.75 Å². The molecule has 1 saturated heterocycles. The largest absolute Gasteiger partial charge is 0.462 e. The van der Waals surface area contributed by atoms with Gasteiger partial charge >= 0.3 is 13.7 Å². The SMILES string of the molecule is B[C@@H]1O[C@H](COP(=O)(N[C@H](C)C(=O)OC(C)C)Oc2ccccc2)C[C@@H]1C. The van der Waals surface area contributed by atoms with Crippen molar-refractivity contribution in [1.29, 1.82) is 0 Å². The van der Waals surface area contributed by atoms with Gasteiger partial charge in [-0.05, 0) is 45.2 Å². The van der Waals surface area contributed by atoms with Crippen molar-refractivity contribution >= 4 is 21.6 Å². The third kappa shape index (κ3) is 6.96. The zero-order valence-corrected chi connectivity index (χ0v) is 17.5. The summed E-state index contributed by atoms with van der Waals surface area (Å²) in [6, 6.07) is 7.96. The van der Waals surface area contributed by atoms with E-state index in [0.29, 0.717) is 11.7 Å². The Morgan fingerprint density at radius 2 is 2.00 bits per heavy atom. The fourth-order valence-electron chi connectivity index (χ4n) is 2.72. The number of benzene rings is 1. The average molecular weight is 397 g/mol. The predicted molar refractivity (Wildman–Crippen MR) is 105 cm³/mol. The summed E-state index contributed by atoms with van der Waals surface area (Å²) in [5.74, 6) is 0.262. The van der Waals surface area contributed by atoms with E-state index in [4.69, 9.17) is 18.5 Å². The molecule has 7 nitrogen and oxygen atoms in total. The number of hydrogen-bond donors (Lipinski definition) is 1. The first kappa shape index (κ1) is 22.0. The van der Waals surface area contributed by atoms with Gasteiger partial charge in [-0.3, -0.25) is 9.32 Å². The van der Waals surface area contributed by atoms with Gasteiger partial charge in [-0.15, -0.1) is 0 Å². The lowest BCUT2D eigenvalue weighted by molar-refractivity contribution is -0.149. The van der Waals surface area contributed by atoms with Crippen molar-refractivity contribution in [3.05, 3.63) is 30.3 Å². The van der Waals surface area contributed by atoms with Crippen molar-refractivity contribution in [1.82, 2.24) is 5.09 Å². The molecule has 0 bridgehead atoms. The Hall–Kier alpha value is -1.34. The Balaban J connectivity index is 2.05. The monoisotopic (exact) mass is 397 g/mol. The molecule has 0 aliphatic carbocycles. The number of carbonyl (C=O) groups excluding carboxylic acids is 1. The summed E-state index contributed by atoms with van der Waals surface area (Å²) in [6.07, 6.45) is 0.381. The second-order valence-electron chi connectivity index (χ2n) is 7.21. The fraction of sp³-hybridized carbons (Fsp3) is 0.611. The minimum atomic E-state index is -3.82. The minimum Gasteiger partial charge on any atom is -0.462 e. The first-order valence-electron chi connectivity index (χ1n) is 9.31. The van der Waals surface area contributed by atoms with Gasteiger partial charge in [-0.2, -0.15) is 5.09 Å². The summed E-state index contributed by atoms with van der Waals surface area (Å²) < 4.78 is 35.5. The van der Waals surface area contributed by atoms with Crippen molar-refractivity contribution < 1.29 is 27.9 Å². The molecule has 1 fully saturated rings. The molecule has 0 spiro atoms. The lowest BCUT2D eigenvalue weighted by Gasteiger charge is -2.24. The molecule has 27 heavy (non-hydrogen) atoms. The van der Waals surface area contributed by atoms with E-state index in [1.807, 2.05) is 13.9 Å². The summed E-state index contributed by atoms with van der Waals surface area (Å²) >= 11 is 0. The summed E-state index contributed by atoms with van der Waals surface area (Å²) in [5.41, 5.74) is 0. The van der Waals surface area contributed by atoms with Gasteiger partial charge in [0.1, 0.15) is 19.6 Å². The normalized spacial score (nSPS) is 25.7. The van der Waals surface area contributed by atoms with Crippen LogP contribution in [0.2, 0.25) is 0 Å². The number of esters is 1. The predicted octanol–water partition coefficient (Wildman–Crippen LogP) is 2.50. The van der Waals surface area contributed by atoms with E-state index in [0.717, 1.165) is 6.42 Å². The molecule has 0 saturated carbocycles. The van der Waals surface area contributed by atoms with Crippen LogP contribution in [0.4, 0.5) is 0 Å². The molecule has 1 aliphatic heterocycles. The summed E-state index contributed by atoms with van der Waals surface area (Å²) in [6.45, 7) is 7.28. The minimum absolute atomic E-state index is 0.109. The molecule has 2 rings (SSSR count). The van der Waals surface area contributed by atoms with Crippen molar-refractivity contribution in [2.75, 3.05) is 6.61 Å². The third-order valence-electron chi connectivity index (χ3n) is 4.30. The zero-order chi connectivity index (χ0) is 20.0. The van der Waals surface area contributed by atoms with Crippen molar-refractivity contribution in [2.24, 2.45) is 5.92 Å². The highest BCUT2D eigenvalue weighted by Crippen LogP contribution is 2.45. The van der Waals surface area contributed by atoms with Crippen LogP contribution in [0.3, 0.4) is 0 Å². The molecule has 1 aromatic carbocycles. The Bertz CT molecular complexity index is 649. The van der Waals surface area contributed by atoms with Crippen LogP contribution >= 0.6 is 7.75 Å². The molecule has 0 aromatic heterocycles. The van der Waals surface area contributed by atoms with E-state index >= 15 is 0 Å². The molecule has 1 unspecified atom stereocenters. The molecule has 9 heteroatoms. The number of nitrogens with one attached hydrogen (secondary N) is 1. The van der Waals surface area contributed by atoms with Gasteiger partial charge in [-0.1, -0.05) is 25.1 Å². The van der Waals surface area contributed by atoms with Crippen LogP contribution in [0.15, 0.2) is 30.3 Å². The molecule has 0 radical (unpaired) electrons. The second-order valence-corrected chi connectivity index (χ2v) is 8.90. The van der Waals surface area contributed by atoms with Gasteiger partial charge in [0.25, 0.3) is 0 Å². The van der Waals surface area contributed by atoms with E-state index in [9.17, 15) is 9.36 Å². The molecule has 1 N–H and O–H groups in total. The molecular weight excluding hydrogens is 368 g/mol. The quantitative estimate of drug-likeness (QED) is 0.390. The summed E-state index contributed by atoms with van der Waals surface area (Å²) in [4.78, 5) is 12.1. The third-order valence-corrected chi connectivity index (χ3v) is 5.94. The first-order chi connectivity index (χ1) is 12.7. The van der Waals surface area contributed by atoms with Gasteiger partial charge in [0.15, 0.2) is 0 Å². The number of ether oxygens (including phenoxy) is 2. The molecule has 1 heterocycles. The maximum atomic E-state index is 13.3. The van der Waals surface area contributed by atoms with Crippen LogP contribution in [0, 0.1) is 5.92 Å². The van der Waals surface area contributed by atoms with E-state index in [1.165, 1.54) is 0 Å². The van der Waals surface area contributed by atoms with Crippen LogP contribution in [0.1, 0.15) is 34.1 Å². The Labute approximate surface area is 162 Å². The molecular formula is C18H29BNO6P. The highest BCUT2D eigenvalue weighted by Gasteiger charge is 2.36. The highest BCUT2D eigenvalue weighted by atomic mass is 31.2. The summed E-state index contributed by atoms with van der Waals surface area (Å²) in [7, 11) is -1.81. The fourth-order valence-corrected chi connectivity index (χ4v) is 4.24. The van der Waals surface area contributed by atoms with Crippen molar-refractivity contribution in [2.45, 2.75) is 58.4 Å². The lowest BCUT2D eigenvalue weighted by atomic mass is 9.88. The van der Waals surface area contributed by atoms with Crippen LogP contribution in [0.25, 0.3) is 0 Å². The standard InChI is InChI=1S/C18H29BNO6P/c1-12(2)24-18(21)14(4)20-27(22,26-15-8-6-5-7-9-15)23-11-16-10-13(3)17(19)25-16/h5-9,12-14,16-17H,10-11,19H2,1-4H3,(H,20,22)/t13-,14+,16-,17+,27?/m0/s1. The summed E-state index contributed by atoms with van der Waals surface area (Å²) in [5, 5.41) is 2.67. The van der Waals surface area contributed by atoms with E-state index < -0.39 is 19.8 Å². The van der Waals surface area contributed by atoms with Gasteiger partial charge in [0, 0.05) is 6.00 Å². The van der Waals surface area contributed by atoms with Gasteiger partial charge in [0.05, 0.1) is 18.8 Å². The molecule has 1 aromatic rings. The second kappa shape index (κ2) is 9.74. The first-order valence-corrected chi connectivity index (χ1v) is 10.9. The van der Waals surface area contributed by atoms with E-state index in [2.05, 4.69) is 12.0 Å². The maximum absolute atomic E-state index is 13.3. The lowest BCUT2D eigenvalue weighted by Crippen LogP contribution is -2.36. The smallest absolute Gasteiger partial charge is 0.459 e. The average Bonchev–Trinajstić information content (AvgIpc) is 2.91. The van der Waals surface area contributed by atoms with E-state index in [1.54, 1.807) is 45.0 Å². The number of rotatable bonds is 9. The highest BCUT2D eigenvalue weighted by molar-refractivity contribution is 7.52. The molecule has 5 atom stereocenters. The maximum Gasteiger partial charge on any atom is 0.459 e. The van der Waals surface area contributed by atoms with E-state index in [-0.39, 0.29) is 24.8 Å². The van der Waals surface area contributed by atoms with Gasteiger partial charge in [0.2, 0.25) is 0 Å². The molecule has 150 valence electrons. The number of para-hydroxylation sites is 1. The molecule has 1 aliphatic rings. The van der Waals surface area contributed by atoms with Crippen LogP contribution in [0.5, 0.6) is 5.75 Å². The molecule has 0 amide bonds. The van der Waals surface area contributed by atoms with Crippen molar-refractivity contribution in [3.63, 3.8) is 0 Å². The van der Waals surface area contributed by atoms with Crippen LogP contribution < -0.4 is 9.61 Å². The Morgan fingerprint density at radius 1 is 1.33 bits per heavy atom. The van der Waals surface area contributed by atoms with Gasteiger partial charge < -0.3 is 14.0 Å². The zero-order valence-electron chi connectivity index (χ0n) is 16.6. The Kier molecular flexibility index (Phi) is 7.92. The topological polar surface area (TPSA) is 83.1 Å².